The van der Waals surface area contributed by atoms with Crippen LogP contribution in [0.5, 0.6) is 5.75 Å². The van der Waals surface area contributed by atoms with Crippen molar-refractivity contribution in [3.8, 4) is 5.75 Å². The van der Waals surface area contributed by atoms with Crippen molar-refractivity contribution in [1.29, 1.82) is 0 Å². The number of nitrogens with one attached hydrogen (secondary N) is 1. The zero-order valence-corrected chi connectivity index (χ0v) is 7.53. The van der Waals surface area contributed by atoms with Crippen molar-refractivity contribution in [2.45, 2.75) is 12.5 Å². The van der Waals surface area contributed by atoms with E-state index in [1.165, 1.54) is 18.2 Å². The third-order valence-corrected chi connectivity index (χ3v) is 2.47. The number of phenolic OH excluding ortho intramolecular Hbond substituents is 1. The Morgan fingerprint density at radius 2 is 2.21 bits per heavy atom. The van der Waals surface area contributed by atoms with E-state index in [-0.39, 0.29) is 17.4 Å². The van der Waals surface area contributed by atoms with Gasteiger partial charge in [0, 0.05) is 11.6 Å². The molecule has 1 saturated heterocycles. The molecule has 0 amide bonds. The third kappa shape index (κ3) is 1.44. The Bertz CT molecular complexity index is 372. The van der Waals surface area contributed by atoms with Gasteiger partial charge in [0.1, 0.15) is 5.75 Å². The lowest BCUT2D eigenvalue weighted by Gasteiger charge is -2.28. The summed E-state index contributed by atoms with van der Waals surface area (Å²) < 4.78 is 0. The van der Waals surface area contributed by atoms with Crippen LogP contribution < -0.4 is 5.32 Å². The lowest BCUT2D eigenvalue weighted by Crippen LogP contribution is -2.35. The summed E-state index contributed by atoms with van der Waals surface area (Å²) in [7, 11) is 0. The molecule has 0 bridgehead atoms. The maximum absolute atomic E-state index is 10.7. The van der Waals surface area contributed by atoms with E-state index in [9.17, 15) is 9.90 Å². The van der Waals surface area contributed by atoms with Gasteiger partial charge < -0.3 is 15.5 Å². The van der Waals surface area contributed by atoms with Gasteiger partial charge in [0.2, 0.25) is 0 Å². The van der Waals surface area contributed by atoms with Gasteiger partial charge in [0.15, 0.2) is 0 Å². The Morgan fingerprint density at radius 1 is 1.50 bits per heavy atom. The van der Waals surface area contributed by atoms with Crippen LogP contribution in [0.25, 0.3) is 0 Å². The molecule has 3 N–H and O–H groups in total. The molecule has 0 spiro atoms. The van der Waals surface area contributed by atoms with E-state index in [0.717, 1.165) is 13.0 Å². The highest BCUT2D eigenvalue weighted by atomic mass is 16.4. The van der Waals surface area contributed by atoms with Gasteiger partial charge in [-0.1, -0.05) is 0 Å². The molecule has 1 aromatic carbocycles. The normalized spacial score (nSPS) is 20.1. The molecule has 0 unspecified atom stereocenters. The van der Waals surface area contributed by atoms with Crippen LogP contribution in [0.3, 0.4) is 0 Å². The number of rotatable bonds is 2. The van der Waals surface area contributed by atoms with E-state index in [0.29, 0.717) is 5.56 Å². The molecular formula is C10H11NO3. The summed E-state index contributed by atoms with van der Waals surface area (Å²) in [5.41, 5.74) is 0.891. The molecule has 1 aromatic rings. The van der Waals surface area contributed by atoms with Crippen molar-refractivity contribution in [1.82, 2.24) is 5.32 Å². The van der Waals surface area contributed by atoms with Gasteiger partial charge in [-0.15, -0.1) is 0 Å². The third-order valence-electron chi connectivity index (χ3n) is 2.47. The summed E-state index contributed by atoms with van der Waals surface area (Å²) in [6, 6.07) is 4.46. The van der Waals surface area contributed by atoms with E-state index in [2.05, 4.69) is 5.32 Å². The molecule has 1 fully saturated rings. The molecule has 4 heteroatoms. The Hall–Kier alpha value is -1.55. The van der Waals surface area contributed by atoms with Gasteiger partial charge in [-0.05, 0) is 31.2 Å². The maximum atomic E-state index is 10.7. The summed E-state index contributed by atoms with van der Waals surface area (Å²) in [5, 5.41) is 21.4. The first kappa shape index (κ1) is 9.02. The van der Waals surface area contributed by atoms with E-state index in [1.807, 2.05) is 0 Å². The number of aromatic carboxylic acids is 1. The van der Waals surface area contributed by atoms with E-state index < -0.39 is 5.97 Å². The van der Waals surface area contributed by atoms with Crippen LogP contribution in [-0.2, 0) is 0 Å². The lowest BCUT2D eigenvalue weighted by atomic mass is 9.95. The monoisotopic (exact) mass is 193 g/mol. The molecule has 1 atom stereocenters. The summed E-state index contributed by atoms with van der Waals surface area (Å²) in [5.74, 6) is -0.808. The molecule has 1 heterocycles. The molecule has 4 nitrogen and oxygen atoms in total. The molecule has 1 aliphatic rings. The van der Waals surface area contributed by atoms with Crippen molar-refractivity contribution in [2.75, 3.05) is 6.54 Å². The van der Waals surface area contributed by atoms with Crippen LogP contribution in [0.2, 0.25) is 0 Å². The number of carbonyl (C=O) groups is 1. The quantitative estimate of drug-likeness (QED) is 0.658. The number of hydrogen-bond acceptors (Lipinski definition) is 3. The molecule has 14 heavy (non-hydrogen) atoms. The lowest BCUT2D eigenvalue weighted by molar-refractivity contribution is 0.0696. The van der Waals surface area contributed by atoms with Gasteiger partial charge in [0.25, 0.3) is 0 Å². The number of aromatic hydroxyl groups is 1. The topological polar surface area (TPSA) is 69.6 Å². The van der Waals surface area contributed by atoms with E-state index in [4.69, 9.17) is 5.11 Å². The minimum atomic E-state index is -0.967. The second-order valence-electron chi connectivity index (χ2n) is 3.37. The van der Waals surface area contributed by atoms with E-state index >= 15 is 0 Å². The highest BCUT2D eigenvalue weighted by Crippen LogP contribution is 2.30. The number of carboxylic acids is 1. The average Bonchev–Trinajstić information content (AvgIpc) is 2.05. The number of hydrogen-bond donors (Lipinski definition) is 3. The Kier molecular flexibility index (Phi) is 2.13. The van der Waals surface area contributed by atoms with Crippen molar-refractivity contribution >= 4 is 5.97 Å². The Morgan fingerprint density at radius 3 is 2.71 bits per heavy atom. The first-order chi connectivity index (χ1) is 6.68. The highest BCUT2D eigenvalue weighted by Gasteiger charge is 2.22. The zero-order chi connectivity index (χ0) is 10.1. The second kappa shape index (κ2) is 3.31. The molecule has 0 aromatic heterocycles. The molecule has 74 valence electrons. The van der Waals surface area contributed by atoms with Crippen molar-refractivity contribution in [3.63, 3.8) is 0 Å². The van der Waals surface area contributed by atoms with Crippen LogP contribution in [0.15, 0.2) is 18.2 Å². The van der Waals surface area contributed by atoms with Gasteiger partial charge in [0.05, 0.1) is 5.56 Å². The van der Waals surface area contributed by atoms with Crippen LogP contribution >= 0.6 is 0 Å². The minimum Gasteiger partial charge on any atom is -0.508 e. The zero-order valence-electron chi connectivity index (χ0n) is 7.53. The fraction of sp³-hybridized carbons (Fsp3) is 0.300. The van der Waals surface area contributed by atoms with Gasteiger partial charge >= 0.3 is 5.97 Å². The van der Waals surface area contributed by atoms with Gasteiger partial charge in [-0.25, -0.2) is 4.79 Å². The van der Waals surface area contributed by atoms with Gasteiger partial charge in [-0.3, -0.25) is 0 Å². The molecule has 0 aliphatic carbocycles. The first-order valence-corrected chi connectivity index (χ1v) is 4.48. The SMILES string of the molecule is O=C(O)c1ccc(O)c([C@@H]2CCN2)c1. The molecule has 0 saturated carbocycles. The number of carboxylic acid groups (broad SMARTS) is 1. The van der Waals surface area contributed by atoms with Gasteiger partial charge in [-0.2, -0.15) is 0 Å². The predicted octanol–water partition coefficient (Wildman–Crippen LogP) is 1.12. The smallest absolute Gasteiger partial charge is 0.335 e. The molecule has 2 rings (SSSR count). The minimum absolute atomic E-state index is 0.106. The van der Waals surface area contributed by atoms with E-state index in [1.54, 1.807) is 0 Å². The summed E-state index contributed by atoms with van der Waals surface area (Å²) in [4.78, 5) is 10.7. The Balaban J connectivity index is 2.36. The largest absolute Gasteiger partial charge is 0.508 e. The summed E-state index contributed by atoms with van der Waals surface area (Å²) >= 11 is 0. The van der Waals surface area contributed by atoms with Crippen LogP contribution in [-0.4, -0.2) is 22.7 Å². The van der Waals surface area contributed by atoms with Crippen LogP contribution in [0.1, 0.15) is 28.4 Å². The molecular weight excluding hydrogens is 182 g/mol. The summed E-state index contributed by atoms with van der Waals surface area (Å²) in [6.07, 6.45) is 0.941. The predicted molar refractivity (Wildman–Crippen MR) is 50.4 cm³/mol. The van der Waals surface area contributed by atoms with Crippen molar-refractivity contribution < 1.29 is 15.0 Å². The highest BCUT2D eigenvalue weighted by molar-refractivity contribution is 5.88. The first-order valence-electron chi connectivity index (χ1n) is 4.48. The molecule has 1 aliphatic heterocycles. The maximum Gasteiger partial charge on any atom is 0.335 e. The van der Waals surface area contributed by atoms with Crippen LogP contribution in [0, 0.1) is 0 Å². The fourth-order valence-corrected chi connectivity index (χ4v) is 1.52. The summed E-state index contributed by atoms with van der Waals surface area (Å²) in [6.45, 7) is 0.918. The number of phenols is 1. The molecule has 0 radical (unpaired) electrons. The average molecular weight is 193 g/mol. The Labute approximate surface area is 81.2 Å². The second-order valence-corrected chi connectivity index (χ2v) is 3.37. The van der Waals surface area contributed by atoms with Crippen molar-refractivity contribution in [3.05, 3.63) is 29.3 Å². The van der Waals surface area contributed by atoms with Crippen LogP contribution in [0.4, 0.5) is 0 Å². The fourth-order valence-electron chi connectivity index (χ4n) is 1.52. The number of benzene rings is 1. The van der Waals surface area contributed by atoms with Crippen molar-refractivity contribution in [2.24, 2.45) is 0 Å². The standard InChI is InChI=1S/C10H11NO3/c12-9-2-1-6(10(13)14)5-7(9)8-3-4-11-8/h1-2,5,8,11-12H,3-4H2,(H,13,14)/t8-/m0/s1.